The Balaban J connectivity index is 2.22. The van der Waals surface area contributed by atoms with Crippen molar-refractivity contribution in [2.75, 3.05) is 0 Å². The fourth-order valence-electron chi connectivity index (χ4n) is 2.47. The van der Waals surface area contributed by atoms with Crippen LogP contribution in [0.3, 0.4) is 0 Å². The number of azide groups is 1. The maximum Gasteiger partial charge on any atom is 0.0974 e. The lowest BCUT2D eigenvalue weighted by molar-refractivity contribution is 0.597. The fraction of sp³-hybridized carbons (Fsp3) is 0.118. The molecule has 4 heteroatoms. The zero-order chi connectivity index (χ0) is 14.7. The van der Waals surface area contributed by atoms with Crippen LogP contribution < -0.4 is 0 Å². The normalized spacial score (nSPS) is 13.4. The molecule has 0 spiro atoms. The van der Waals surface area contributed by atoms with Gasteiger partial charge in [0, 0.05) is 16.5 Å². The number of hydrogen-bond acceptors (Lipinski definition) is 2. The number of para-hydroxylation sites is 1. The highest BCUT2D eigenvalue weighted by Crippen LogP contribution is 2.34. The lowest BCUT2D eigenvalue weighted by Crippen LogP contribution is -2.20. The molecule has 0 radical (unpaired) electrons. The van der Waals surface area contributed by atoms with E-state index in [9.17, 15) is 0 Å². The molecule has 0 amide bonds. The molecule has 0 aliphatic heterocycles. The third kappa shape index (κ3) is 2.33. The van der Waals surface area contributed by atoms with E-state index in [0.29, 0.717) is 0 Å². The SMILES string of the molecule is CC(N=[N+]=[N-])(c1ccccc1)c1cnc2ccccc2c1. The van der Waals surface area contributed by atoms with Gasteiger partial charge in [0.25, 0.3) is 0 Å². The second-order valence-corrected chi connectivity index (χ2v) is 5.04. The molecule has 3 rings (SSSR count). The largest absolute Gasteiger partial charge is 0.256 e. The van der Waals surface area contributed by atoms with Gasteiger partial charge in [0.15, 0.2) is 0 Å². The Hall–Kier alpha value is -2.84. The van der Waals surface area contributed by atoms with E-state index >= 15 is 0 Å². The van der Waals surface area contributed by atoms with Crippen LogP contribution in [-0.4, -0.2) is 4.98 Å². The molecule has 3 aromatic rings. The minimum absolute atomic E-state index is 0.771. The number of nitrogens with zero attached hydrogens (tertiary/aromatic N) is 4. The van der Waals surface area contributed by atoms with Gasteiger partial charge in [-0.1, -0.05) is 53.6 Å². The van der Waals surface area contributed by atoms with Crippen LogP contribution in [0.15, 0.2) is 72.0 Å². The highest BCUT2D eigenvalue weighted by Gasteiger charge is 2.28. The molecule has 2 aromatic carbocycles. The number of benzene rings is 2. The van der Waals surface area contributed by atoms with Crippen LogP contribution in [0, 0.1) is 0 Å². The van der Waals surface area contributed by atoms with Crippen molar-refractivity contribution in [1.82, 2.24) is 4.98 Å². The Kier molecular flexibility index (Phi) is 3.30. The smallest absolute Gasteiger partial charge is 0.0974 e. The Morgan fingerprint density at radius 3 is 2.48 bits per heavy atom. The molecule has 0 aliphatic rings. The quantitative estimate of drug-likeness (QED) is 0.384. The van der Waals surface area contributed by atoms with Gasteiger partial charge in [-0.3, -0.25) is 4.98 Å². The summed E-state index contributed by atoms with van der Waals surface area (Å²) in [4.78, 5) is 7.51. The molecule has 0 saturated heterocycles. The van der Waals surface area contributed by atoms with Gasteiger partial charge in [-0.2, -0.15) is 0 Å². The first-order valence-corrected chi connectivity index (χ1v) is 6.71. The van der Waals surface area contributed by atoms with Crippen LogP contribution in [0.2, 0.25) is 0 Å². The molecule has 0 fully saturated rings. The van der Waals surface area contributed by atoms with Gasteiger partial charge in [0.05, 0.1) is 11.1 Å². The Morgan fingerprint density at radius 2 is 1.71 bits per heavy atom. The van der Waals surface area contributed by atoms with Crippen molar-refractivity contribution in [3.8, 4) is 0 Å². The molecule has 21 heavy (non-hydrogen) atoms. The molecule has 1 heterocycles. The Bertz CT molecular complexity index is 822. The molecule has 0 saturated carbocycles. The average molecular weight is 274 g/mol. The summed E-state index contributed by atoms with van der Waals surface area (Å²) in [7, 11) is 0. The van der Waals surface area contributed by atoms with E-state index < -0.39 is 5.54 Å². The Morgan fingerprint density at radius 1 is 1.00 bits per heavy atom. The monoisotopic (exact) mass is 274 g/mol. The van der Waals surface area contributed by atoms with E-state index in [1.807, 2.05) is 67.6 Å². The molecular weight excluding hydrogens is 260 g/mol. The maximum absolute atomic E-state index is 8.98. The molecule has 1 atom stereocenters. The third-order valence-corrected chi connectivity index (χ3v) is 3.73. The lowest BCUT2D eigenvalue weighted by atomic mass is 9.86. The number of rotatable bonds is 3. The van der Waals surface area contributed by atoms with E-state index in [-0.39, 0.29) is 0 Å². The van der Waals surface area contributed by atoms with Gasteiger partial charge in [-0.05, 0) is 35.7 Å². The van der Waals surface area contributed by atoms with Crippen LogP contribution in [-0.2, 0) is 5.54 Å². The van der Waals surface area contributed by atoms with Gasteiger partial charge in [-0.15, -0.1) is 0 Å². The summed E-state index contributed by atoms with van der Waals surface area (Å²) in [6.45, 7) is 1.91. The molecule has 0 aliphatic carbocycles. The second-order valence-electron chi connectivity index (χ2n) is 5.04. The maximum atomic E-state index is 8.98. The summed E-state index contributed by atoms with van der Waals surface area (Å²) in [5, 5.41) is 5.08. The number of fused-ring (bicyclic) bond motifs is 1. The van der Waals surface area contributed by atoms with Crippen molar-refractivity contribution < 1.29 is 0 Å². The van der Waals surface area contributed by atoms with Crippen LogP contribution in [0.5, 0.6) is 0 Å². The lowest BCUT2D eigenvalue weighted by Gasteiger charge is -2.25. The predicted octanol–water partition coefficient (Wildman–Crippen LogP) is 4.81. The van der Waals surface area contributed by atoms with Crippen molar-refractivity contribution >= 4 is 10.9 Å². The number of pyridine rings is 1. The minimum Gasteiger partial charge on any atom is -0.256 e. The van der Waals surface area contributed by atoms with Crippen molar-refractivity contribution in [2.45, 2.75) is 12.5 Å². The van der Waals surface area contributed by atoms with E-state index in [0.717, 1.165) is 22.0 Å². The van der Waals surface area contributed by atoms with Gasteiger partial charge in [0.2, 0.25) is 0 Å². The molecule has 102 valence electrons. The summed E-state index contributed by atoms with van der Waals surface area (Å²) < 4.78 is 0. The molecule has 1 aromatic heterocycles. The average Bonchev–Trinajstić information content (AvgIpc) is 2.55. The Labute approximate surface area is 122 Å². The number of aromatic nitrogens is 1. The molecule has 0 bridgehead atoms. The summed E-state index contributed by atoms with van der Waals surface area (Å²) in [6, 6.07) is 19.7. The van der Waals surface area contributed by atoms with Crippen LogP contribution in [0.4, 0.5) is 0 Å². The fourth-order valence-corrected chi connectivity index (χ4v) is 2.47. The van der Waals surface area contributed by atoms with E-state index in [2.05, 4.69) is 15.0 Å². The first kappa shape index (κ1) is 13.2. The first-order chi connectivity index (χ1) is 10.2. The molecular formula is C17H14N4. The summed E-state index contributed by atoms with van der Waals surface area (Å²) in [6.07, 6.45) is 1.78. The third-order valence-electron chi connectivity index (χ3n) is 3.73. The summed E-state index contributed by atoms with van der Waals surface area (Å²) in [5.74, 6) is 0. The predicted molar refractivity (Wildman–Crippen MR) is 83.8 cm³/mol. The highest BCUT2D eigenvalue weighted by molar-refractivity contribution is 5.79. The van der Waals surface area contributed by atoms with Crippen LogP contribution in [0.1, 0.15) is 18.1 Å². The minimum atomic E-state index is -0.771. The zero-order valence-electron chi connectivity index (χ0n) is 11.6. The van der Waals surface area contributed by atoms with Gasteiger partial charge >= 0.3 is 0 Å². The van der Waals surface area contributed by atoms with Crippen molar-refractivity contribution in [1.29, 1.82) is 0 Å². The van der Waals surface area contributed by atoms with Crippen molar-refractivity contribution in [3.63, 3.8) is 0 Å². The summed E-state index contributed by atoms with van der Waals surface area (Å²) >= 11 is 0. The zero-order valence-corrected chi connectivity index (χ0v) is 11.6. The van der Waals surface area contributed by atoms with E-state index in [1.54, 1.807) is 6.20 Å². The van der Waals surface area contributed by atoms with Gasteiger partial charge < -0.3 is 0 Å². The van der Waals surface area contributed by atoms with Gasteiger partial charge in [-0.25, -0.2) is 0 Å². The number of hydrogen-bond donors (Lipinski definition) is 0. The molecule has 4 nitrogen and oxygen atoms in total. The van der Waals surface area contributed by atoms with E-state index in [1.165, 1.54) is 0 Å². The second kappa shape index (κ2) is 5.27. The van der Waals surface area contributed by atoms with Crippen LogP contribution >= 0.6 is 0 Å². The van der Waals surface area contributed by atoms with Crippen molar-refractivity contribution in [2.24, 2.45) is 5.11 Å². The van der Waals surface area contributed by atoms with E-state index in [4.69, 9.17) is 5.53 Å². The van der Waals surface area contributed by atoms with Crippen molar-refractivity contribution in [3.05, 3.63) is 88.4 Å². The first-order valence-electron chi connectivity index (χ1n) is 6.71. The highest BCUT2D eigenvalue weighted by atomic mass is 15.2. The standard InChI is InChI=1S/C17H14N4/c1-17(20-21-18,14-8-3-2-4-9-14)15-11-13-7-5-6-10-16(13)19-12-15/h2-12H,1H3. The van der Waals surface area contributed by atoms with Gasteiger partial charge in [0.1, 0.15) is 0 Å². The summed E-state index contributed by atoms with van der Waals surface area (Å²) in [5.41, 5.74) is 11.0. The molecule has 0 N–H and O–H groups in total. The topological polar surface area (TPSA) is 61.7 Å². The van der Waals surface area contributed by atoms with Crippen LogP contribution in [0.25, 0.3) is 21.3 Å². The molecule has 1 unspecified atom stereocenters.